The van der Waals surface area contributed by atoms with Crippen molar-refractivity contribution in [3.63, 3.8) is 0 Å². The Hall–Kier alpha value is -2.73. The van der Waals surface area contributed by atoms with E-state index >= 15 is 0 Å². The molecule has 2 amide bonds. The van der Waals surface area contributed by atoms with Crippen molar-refractivity contribution in [1.29, 1.82) is 0 Å². The molecule has 1 heterocycles. The lowest BCUT2D eigenvalue weighted by molar-refractivity contribution is -0.142. The van der Waals surface area contributed by atoms with E-state index in [0.717, 1.165) is 42.4 Å². The zero-order valence-electron chi connectivity index (χ0n) is 19.6. The third kappa shape index (κ3) is 5.11. The van der Waals surface area contributed by atoms with Crippen LogP contribution in [-0.2, 0) is 20.7 Å². The number of hydrogen-bond donors (Lipinski definition) is 1. The largest absolute Gasteiger partial charge is 0.369 e. The van der Waals surface area contributed by atoms with Gasteiger partial charge in [-0.2, -0.15) is 0 Å². The Morgan fingerprint density at radius 3 is 2.42 bits per heavy atom. The fraction of sp³-hybridized carbons (Fsp3) is 0.481. The Balaban J connectivity index is 1.58. The van der Waals surface area contributed by atoms with Crippen LogP contribution in [0.2, 0.25) is 0 Å². The van der Waals surface area contributed by atoms with Gasteiger partial charge in [0.05, 0.1) is 12.1 Å². The summed E-state index contributed by atoms with van der Waals surface area (Å²) in [6.07, 6.45) is 4.35. The zero-order chi connectivity index (χ0) is 23.6. The maximum Gasteiger partial charge on any atom is 0.251 e. The first-order chi connectivity index (χ1) is 15.8. The van der Waals surface area contributed by atoms with Crippen molar-refractivity contribution in [3.05, 3.63) is 59.9 Å². The van der Waals surface area contributed by atoms with Crippen LogP contribution in [0.3, 0.4) is 0 Å². The predicted molar refractivity (Wildman–Crippen MR) is 126 cm³/mol. The second-order valence-electron chi connectivity index (χ2n) is 9.72. The van der Waals surface area contributed by atoms with Crippen molar-refractivity contribution in [2.75, 3.05) is 13.7 Å². The molecule has 2 atom stereocenters. The van der Waals surface area contributed by atoms with E-state index in [2.05, 4.69) is 11.4 Å². The van der Waals surface area contributed by atoms with Gasteiger partial charge in [-0.15, -0.1) is 0 Å². The molecule has 0 aromatic heterocycles. The molecule has 2 aliphatic rings. The summed E-state index contributed by atoms with van der Waals surface area (Å²) in [6, 6.07) is 14.3. The van der Waals surface area contributed by atoms with Crippen molar-refractivity contribution in [3.8, 4) is 11.1 Å². The minimum atomic E-state index is -0.937. The van der Waals surface area contributed by atoms with Gasteiger partial charge >= 0.3 is 0 Å². The van der Waals surface area contributed by atoms with Gasteiger partial charge in [0.2, 0.25) is 5.91 Å². The average Bonchev–Trinajstić information content (AvgIpc) is 3.14. The van der Waals surface area contributed by atoms with Gasteiger partial charge in [-0.1, -0.05) is 42.8 Å². The summed E-state index contributed by atoms with van der Waals surface area (Å²) in [5, 5.41) is 3.15. The molecule has 1 aliphatic heterocycles. The van der Waals surface area contributed by atoms with Crippen LogP contribution in [0, 0.1) is 11.7 Å². The van der Waals surface area contributed by atoms with Gasteiger partial charge in [0.1, 0.15) is 11.4 Å². The summed E-state index contributed by atoms with van der Waals surface area (Å²) in [6.45, 7) is 4.13. The molecule has 1 aliphatic carbocycles. The maximum atomic E-state index is 13.7. The maximum absolute atomic E-state index is 13.7. The van der Waals surface area contributed by atoms with Crippen LogP contribution < -0.4 is 5.32 Å². The molecule has 33 heavy (non-hydrogen) atoms. The fourth-order valence-corrected chi connectivity index (χ4v) is 4.66. The molecule has 2 aromatic carbocycles. The summed E-state index contributed by atoms with van der Waals surface area (Å²) in [5.41, 5.74) is 1.87. The molecule has 2 aromatic rings. The van der Waals surface area contributed by atoms with Crippen LogP contribution in [0.1, 0.15) is 45.1 Å². The normalized spacial score (nSPS) is 21.0. The lowest BCUT2D eigenvalue weighted by Gasteiger charge is -2.35. The first-order valence-corrected chi connectivity index (χ1v) is 11.8. The van der Waals surface area contributed by atoms with E-state index in [1.165, 1.54) is 19.2 Å². The molecular formula is C27H33FN2O3. The highest BCUT2D eigenvalue weighted by molar-refractivity contribution is 5.85. The van der Waals surface area contributed by atoms with Crippen LogP contribution in [0.25, 0.3) is 11.1 Å². The summed E-state index contributed by atoms with van der Waals surface area (Å²) < 4.78 is 19.1. The minimum Gasteiger partial charge on any atom is -0.369 e. The van der Waals surface area contributed by atoms with Gasteiger partial charge < -0.3 is 15.0 Å². The summed E-state index contributed by atoms with van der Waals surface area (Å²) >= 11 is 0. The number of nitrogens with one attached hydrogen (secondary N) is 1. The quantitative estimate of drug-likeness (QED) is 0.680. The van der Waals surface area contributed by atoms with E-state index in [1.54, 1.807) is 19.9 Å². The molecular weight excluding hydrogens is 419 g/mol. The molecule has 1 saturated heterocycles. The smallest absolute Gasteiger partial charge is 0.251 e. The third-order valence-corrected chi connectivity index (χ3v) is 7.19. The Morgan fingerprint density at radius 1 is 1.09 bits per heavy atom. The highest BCUT2D eigenvalue weighted by Crippen LogP contribution is 2.33. The summed E-state index contributed by atoms with van der Waals surface area (Å²) in [4.78, 5) is 28.0. The van der Waals surface area contributed by atoms with Crippen molar-refractivity contribution in [2.24, 2.45) is 5.92 Å². The van der Waals surface area contributed by atoms with E-state index in [-0.39, 0.29) is 35.6 Å². The molecule has 6 heteroatoms. The second kappa shape index (κ2) is 9.64. The SMILES string of the molecule is COC(C)(C)C(=O)NC1CCN(C(=O)C2CCC2)C1Cc1cccc(-c2cccc(F)c2)c1. The van der Waals surface area contributed by atoms with Gasteiger partial charge in [-0.05, 0) is 68.4 Å². The monoisotopic (exact) mass is 452 g/mol. The number of ether oxygens (including phenoxy) is 1. The lowest BCUT2D eigenvalue weighted by atomic mass is 9.84. The molecule has 0 spiro atoms. The number of rotatable bonds is 7. The molecule has 2 unspecified atom stereocenters. The number of hydrogen-bond acceptors (Lipinski definition) is 3. The number of halogens is 1. The predicted octanol–water partition coefficient (Wildman–Crippen LogP) is 4.35. The molecule has 176 valence electrons. The Kier molecular flexibility index (Phi) is 6.84. The molecule has 0 bridgehead atoms. The van der Waals surface area contributed by atoms with Crippen molar-refractivity contribution >= 4 is 11.8 Å². The molecule has 5 nitrogen and oxygen atoms in total. The Labute approximate surface area is 195 Å². The number of nitrogens with zero attached hydrogens (tertiary/aromatic N) is 1. The third-order valence-electron chi connectivity index (χ3n) is 7.19. The van der Waals surface area contributed by atoms with E-state index in [1.807, 2.05) is 29.2 Å². The molecule has 1 saturated carbocycles. The fourth-order valence-electron chi connectivity index (χ4n) is 4.66. The zero-order valence-corrected chi connectivity index (χ0v) is 19.6. The number of likely N-dealkylation sites (tertiary alicyclic amines) is 1. The number of amides is 2. The highest BCUT2D eigenvalue weighted by atomic mass is 19.1. The molecule has 1 N–H and O–H groups in total. The van der Waals surface area contributed by atoms with Gasteiger partial charge in [0, 0.05) is 19.6 Å². The highest BCUT2D eigenvalue weighted by Gasteiger charge is 2.42. The van der Waals surface area contributed by atoms with Crippen LogP contribution in [-0.4, -0.2) is 48.1 Å². The number of carbonyl (C=O) groups excluding carboxylic acids is 2. The second-order valence-corrected chi connectivity index (χ2v) is 9.72. The van der Waals surface area contributed by atoms with E-state index in [4.69, 9.17) is 4.74 Å². The van der Waals surface area contributed by atoms with Crippen LogP contribution in [0.4, 0.5) is 4.39 Å². The molecule has 4 rings (SSSR count). The lowest BCUT2D eigenvalue weighted by Crippen LogP contribution is -2.54. The Morgan fingerprint density at radius 2 is 1.79 bits per heavy atom. The first-order valence-electron chi connectivity index (χ1n) is 11.8. The topological polar surface area (TPSA) is 58.6 Å². The van der Waals surface area contributed by atoms with E-state index < -0.39 is 5.60 Å². The summed E-state index contributed by atoms with van der Waals surface area (Å²) in [5.74, 6) is -0.132. The molecule has 0 radical (unpaired) electrons. The first kappa shape index (κ1) is 23.4. The number of benzene rings is 2. The van der Waals surface area contributed by atoms with Crippen LogP contribution >= 0.6 is 0 Å². The average molecular weight is 453 g/mol. The Bertz CT molecular complexity index is 1020. The van der Waals surface area contributed by atoms with Gasteiger partial charge in [0.25, 0.3) is 5.91 Å². The van der Waals surface area contributed by atoms with Gasteiger partial charge in [0.15, 0.2) is 0 Å². The minimum absolute atomic E-state index is 0.107. The van der Waals surface area contributed by atoms with Gasteiger partial charge in [-0.3, -0.25) is 9.59 Å². The van der Waals surface area contributed by atoms with Crippen LogP contribution in [0.15, 0.2) is 48.5 Å². The number of methoxy groups -OCH3 is 1. The summed E-state index contributed by atoms with van der Waals surface area (Å²) in [7, 11) is 1.52. The number of carbonyl (C=O) groups is 2. The molecule has 2 fully saturated rings. The van der Waals surface area contributed by atoms with Crippen molar-refractivity contribution in [1.82, 2.24) is 10.2 Å². The van der Waals surface area contributed by atoms with Gasteiger partial charge in [-0.25, -0.2) is 4.39 Å². The van der Waals surface area contributed by atoms with E-state index in [0.29, 0.717) is 13.0 Å². The van der Waals surface area contributed by atoms with Crippen molar-refractivity contribution in [2.45, 2.75) is 63.6 Å². The standard InChI is InChI=1S/C27H33FN2O3/c1-27(2,33-3)26(32)29-23-13-14-30(25(31)19-8-5-9-19)24(23)16-18-7-4-10-20(15-18)21-11-6-12-22(28)17-21/h4,6-7,10-12,15,17,19,23-24H,5,8-9,13-14,16H2,1-3H3,(H,29,32). The van der Waals surface area contributed by atoms with Crippen LogP contribution in [0.5, 0.6) is 0 Å². The van der Waals surface area contributed by atoms with E-state index in [9.17, 15) is 14.0 Å². The van der Waals surface area contributed by atoms with Crippen molar-refractivity contribution < 1.29 is 18.7 Å².